The maximum Gasteiger partial charge on any atom is 0.331 e. The number of anilines is 1. The van der Waals surface area contributed by atoms with E-state index in [2.05, 4.69) is 0 Å². The molecule has 4 rings (SSSR count). The zero-order valence-electron chi connectivity index (χ0n) is 17.4. The highest BCUT2D eigenvalue weighted by Crippen LogP contribution is 2.12. The van der Waals surface area contributed by atoms with E-state index in [4.69, 9.17) is 10.8 Å². The van der Waals surface area contributed by atoms with Crippen LogP contribution >= 0.6 is 0 Å². The summed E-state index contributed by atoms with van der Waals surface area (Å²) in [6, 6.07) is 21.1. The first-order valence-electron chi connectivity index (χ1n) is 10.3. The molecule has 7 heteroatoms. The van der Waals surface area contributed by atoms with E-state index in [1.807, 2.05) is 12.1 Å². The Labute approximate surface area is 184 Å². The summed E-state index contributed by atoms with van der Waals surface area (Å²) in [5, 5.41) is 9.49. The molecule has 0 spiro atoms. The molecule has 0 bridgehead atoms. The summed E-state index contributed by atoms with van der Waals surface area (Å²) >= 11 is 0. The molecule has 0 aliphatic heterocycles. The maximum atomic E-state index is 13.3. The second kappa shape index (κ2) is 9.03. The van der Waals surface area contributed by atoms with Gasteiger partial charge in [0.15, 0.2) is 5.78 Å². The van der Waals surface area contributed by atoms with E-state index in [1.54, 1.807) is 65.2 Å². The number of hydrogen-bond acceptors (Lipinski definition) is 5. The number of carbonyl (C=O) groups is 1. The standard InChI is InChI=1S/C25H23N3O4/c26-20-11-7-17(8-12-20)13-14-27-24(31)21-3-1-2-4-22(21)28(25(27)32)15-18-5-9-19(10-6-18)23(30)16-29/h1-12,29H,13-16,26H2. The smallest absolute Gasteiger partial charge is 0.331 e. The number of nitrogens with zero attached hydrogens (tertiary/aromatic N) is 2. The van der Waals surface area contributed by atoms with Crippen molar-refractivity contribution in [1.29, 1.82) is 0 Å². The van der Waals surface area contributed by atoms with Crippen molar-refractivity contribution in [1.82, 2.24) is 9.13 Å². The number of nitrogens with two attached hydrogens (primary N) is 1. The van der Waals surface area contributed by atoms with Gasteiger partial charge in [0.2, 0.25) is 0 Å². The minimum atomic E-state index is -0.553. The Morgan fingerprint density at radius 1 is 0.844 bits per heavy atom. The molecule has 7 nitrogen and oxygen atoms in total. The van der Waals surface area contributed by atoms with E-state index in [-0.39, 0.29) is 30.1 Å². The van der Waals surface area contributed by atoms with Gasteiger partial charge in [-0.05, 0) is 41.8 Å². The third-order valence-corrected chi connectivity index (χ3v) is 5.50. The average Bonchev–Trinajstić information content (AvgIpc) is 2.82. The maximum absolute atomic E-state index is 13.3. The molecule has 0 amide bonds. The van der Waals surface area contributed by atoms with Gasteiger partial charge in [0.05, 0.1) is 17.4 Å². The summed E-state index contributed by atoms with van der Waals surface area (Å²) in [6.45, 7) is -0.0616. The molecule has 0 atom stereocenters. The van der Waals surface area contributed by atoms with Crippen molar-refractivity contribution in [3.63, 3.8) is 0 Å². The number of para-hydroxylation sites is 1. The van der Waals surface area contributed by atoms with Crippen LogP contribution in [0.5, 0.6) is 0 Å². The zero-order chi connectivity index (χ0) is 22.7. The molecule has 32 heavy (non-hydrogen) atoms. The Balaban J connectivity index is 1.73. The number of hydrogen-bond donors (Lipinski definition) is 2. The van der Waals surface area contributed by atoms with Gasteiger partial charge in [0.25, 0.3) is 5.56 Å². The van der Waals surface area contributed by atoms with E-state index < -0.39 is 6.61 Å². The van der Waals surface area contributed by atoms with Crippen molar-refractivity contribution < 1.29 is 9.90 Å². The lowest BCUT2D eigenvalue weighted by Gasteiger charge is -2.14. The summed E-state index contributed by atoms with van der Waals surface area (Å²) in [7, 11) is 0. The van der Waals surface area contributed by atoms with Crippen LogP contribution in [0.15, 0.2) is 82.4 Å². The fourth-order valence-electron chi connectivity index (χ4n) is 3.72. The van der Waals surface area contributed by atoms with Crippen LogP contribution in [0, 0.1) is 0 Å². The summed E-state index contributed by atoms with van der Waals surface area (Å²) in [5.41, 5.74) is 8.43. The quantitative estimate of drug-likeness (QED) is 0.346. The lowest BCUT2D eigenvalue weighted by molar-refractivity contribution is 0.0903. The van der Waals surface area contributed by atoms with Crippen LogP contribution in [0.25, 0.3) is 10.9 Å². The second-order valence-electron chi connectivity index (χ2n) is 7.61. The van der Waals surface area contributed by atoms with Gasteiger partial charge >= 0.3 is 5.69 Å². The topological polar surface area (TPSA) is 107 Å². The van der Waals surface area contributed by atoms with Crippen molar-refractivity contribution in [2.45, 2.75) is 19.5 Å². The van der Waals surface area contributed by atoms with Gasteiger partial charge in [0, 0.05) is 17.8 Å². The Bertz CT molecular complexity index is 1380. The van der Waals surface area contributed by atoms with Gasteiger partial charge in [-0.15, -0.1) is 0 Å². The first-order chi connectivity index (χ1) is 15.5. The van der Waals surface area contributed by atoms with Crippen LogP contribution in [-0.4, -0.2) is 26.6 Å². The molecule has 162 valence electrons. The molecule has 0 aliphatic carbocycles. The molecular formula is C25H23N3O4. The van der Waals surface area contributed by atoms with Gasteiger partial charge in [0.1, 0.15) is 6.61 Å². The molecule has 3 N–H and O–H groups in total. The predicted octanol–water partition coefficient (Wildman–Crippen LogP) is 2.21. The monoisotopic (exact) mass is 429 g/mol. The van der Waals surface area contributed by atoms with E-state index >= 15 is 0 Å². The normalized spacial score (nSPS) is 11.0. The van der Waals surface area contributed by atoms with Crippen LogP contribution in [0.3, 0.4) is 0 Å². The molecule has 1 heterocycles. The number of carbonyl (C=O) groups excluding carboxylic acids is 1. The summed E-state index contributed by atoms with van der Waals surface area (Å²) in [5.74, 6) is -0.365. The average molecular weight is 429 g/mol. The van der Waals surface area contributed by atoms with E-state index in [1.165, 1.54) is 4.57 Å². The number of aryl methyl sites for hydroxylation is 1. The van der Waals surface area contributed by atoms with Crippen LogP contribution in [-0.2, 0) is 19.5 Å². The largest absolute Gasteiger partial charge is 0.399 e. The SMILES string of the molecule is Nc1ccc(CCn2c(=O)c3ccccc3n(Cc3ccc(C(=O)CO)cc3)c2=O)cc1. The number of benzene rings is 3. The van der Waals surface area contributed by atoms with Gasteiger partial charge in [-0.3, -0.25) is 18.7 Å². The lowest BCUT2D eigenvalue weighted by Crippen LogP contribution is -2.40. The number of rotatable bonds is 7. The summed E-state index contributed by atoms with van der Waals surface area (Å²) < 4.78 is 2.84. The molecule has 1 aromatic heterocycles. The Kier molecular flexibility index (Phi) is 6.00. The second-order valence-corrected chi connectivity index (χ2v) is 7.61. The van der Waals surface area contributed by atoms with Gasteiger partial charge < -0.3 is 10.8 Å². The molecule has 0 radical (unpaired) electrons. The molecule has 0 unspecified atom stereocenters. The highest BCUT2D eigenvalue weighted by atomic mass is 16.3. The van der Waals surface area contributed by atoms with E-state index in [0.29, 0.717) is 28.6 Å². The number of fused-ring (bicyclic) bond motifs is 1. The number of aromatic nitrogens is 2. The lowest BCUT2D eigenvalue weighted by atomic mass is 10.1. The Morgan fingerprint density at radius 3 is 2.19 bits per heavy atom. The molecule has 3 aromatic carbocycles. The minimum absolute atomic E-state index is 0.245. The van der Waals surface area contributed by atoms with Gasteiger partial charge in [-0.1, -0.05) is 48.5 Å². The number of ketones is 1. The first-order valence-corrected chi connectivity index (χ1v) is 10.3. The van der Waals surface area contributed by atoms with Crippen molar-refractivity contribution >= 4 is 22.4 Å². The first kappa shape index (κ1) is 21.3. The number of Topliss-reactive ketones (excluding diaryl/α,β-unsaturated/α-hetero) is 1. The van der Waals surface area contributed by atoms with Crippen molar-refractivity contribution in [2.24, 2.45) is 0 Å². The van der Waals surface area contributed by atoms with Crippen molar-refractivity contribution in [3.8, 4) is 0 Å². The van der Waals surface area contributed by atoms with Crippen LogP contribution in [0.2, 0.25) is 0 Å². The third-order valence-electron chi connectivity index (χ3n) is 5.50. The van der Waals surface area contributed by atoms with Crippen molar-refractivity contribution in [3.05, 3.63) is 110 Å². The highest BCUT2D eigenvalue weighted by molar-refractivity contribution is 5.96. The Morgan fingerprint density at radius 2 is 1.50 bits per heavy atom. The van der Waals surface area contributed by atoms with E-state index in [9.17, 15) is 14.4 Å². The Hall–Kier alpha value is -3.97. The van der Waals surface area contributed by atoms with Crippen LogP contribution in [0.1, 0.15) is 21.5 Å². The molecule has 4 aromatic rings. The molecule has 0 fully saturated rings. The fourth-order valence-corrected chi connectivity index (χ4v) is 3.72. The highest BCUT2D eigenvalue weighted by Gasteiger charge is 2.14. The molecule has 0 aliphatic rings. The van der Waals surface area contributed by atoms with Crippen LogP contribution < -0.4 is 17.0 Å². The zero-order valence-corrected chi connectivity index (χ0v) is 17.4. The summed E-state index contributed by atoms with van der Waals surface area (Å²) in [6.07, 6.45) is 0.520. The molecular weight excluding hydrogens is 406 g/mol. The van der Waals surface area contributed by atoms with Crippen molar-refractivity contribution in [2.75, 3.05) is 12.3 Å². The van der Waals surface area contributed by atoms with Gasteiger partial charge in [-0.25, -0.2) is 4.79 Å². The summed E-state index contributed by atoms with van der Waals surface area (Å²) in [4.78, 5) is 38.0. The minimum Gasteiger partial charge on any atom is -0.399 e. The van der Waals surface area contributed by atoms with Crippen LogP contribution in [0.4, 0.5) is 5.69 Å². The molecule has 0 saturated carbocycles. The molecule has 0 saturated heterocycles. The number of aliphatic hydroxyl groups excluding tert-OH is 1. The van der Waals surface area contributed by atoms with E-state index in [0.717, 1.165) is 11.1 Å². The third kappa shape index (κ3) is 4.24. The fraction of sp³-hybridized carbons (Fsp3) is 0.160. The number of nitrogen functional groups attached to an aromatic ring is 1. The number of aliphatic hydroxyl groups is 1. The predicted molar refractivity (Wildman–Crippen MR) is 124 cm³/mol. The van der Waals surface area contributed by atoms with Gasteiger partial charge in [-0.2, -0.15) is 0 Å².